The number of carbonyl (C=O) groups is 1. The molecule has 1 saturated carbocycles. The molecular weight excluding hydrogens is 238 g/mol. The van der Waals surface area contributed by atoms with Crippen molar-refractivity contribution in [2.24, 2.45) is 0 Å². The molecule has 0 aromatic carbocycles. The van der Waals surface area contributed by atoms with Gasteiger partial charge in [-0.2, -0.15) is 0 Å². The van der Waals surface area contributed by atoms with Gasteiger partial charge in [0.25, 0.3) is 0 Å². The first-order valence-corrected chi connectivity index (χ1v) is 7.83. The van der Waals surface area contributed by atoms with Gasteiger partial charge in [0.2, 0.25) is 5.91 Å². The minimum atomic E-state index is 0.151. The Labute approximate surface area is 118 Å². The first kappa shape index (κ1) is 16.4. The minimum absolute atomic E-state index is 0.151. The highest BCUT2D eigenvalue weighted by Gasteiger charge is 2.15. The Kier molecular flexibility index (Phi) is 8.07. The topological polar surface area (TPSA) is 44.4 Å². The molecule has 4 heteroatoms. The molecule has 1 amide bonds. The largest absolute Gasteiger partial charge is 0.352 e. The van der Waals surface area contributed by atoms with Crippen LogP contribution >= 0.6 is 0 Å². The number of nitrogens with one attached hydrogen (secondary N) is 2. The van der Waals surface area contributed by atoms with Crippen LogP contribution in [0.2, 0.25) is 0 Å². The highest BCUT2D eigenvalue weighted by molar-refractivity contribution is 5.78. The maximum Gasteiger partial charge on any atom is 0.234 e. The van der Waals surface area contributed by atoms with Crippen LogP contribution in [-0.2, 0) is 4.79 Å². The Morgan fingerprint density at radius 2 is 2.00 bits per heavy atom. The highest BCUT2D eigenvalue weighted by Crippen LogP contribution is 2.16. The van der Waals surface area contributed by atoms with E-state index < -0.39 is 0 Å². The van der Waals surface area contributed by atoms with E-state index in [0.717, 1.165) is 25.9 Å². The van der Waals surface area contributed by atoms with Crippen LogP contribution in [0.5, 0.6) is 0 Å². The maximum absolute atomic E-state index is 11.8. The fraction of sp³-hybridized carbons (Fsp3) is 0.933. The average Bonchev–Trinajstić information content (AvgIpc) is 2.43. The van der Waals surface area contributed by atoms with Crippen molar-refractivity contribution < 1.29 is 4.79 Å². The number of likely N-dealkylation sites (N-methyl/N-ethyl adjacent to an activating group) is 1. The molecule has 0 aromatic heterocycles. The van der Waals surface area contributed by atoms with Gasteiger partial charge in [-0.1, -0.05) is 26.2 Å². The summed E-state index contributed by atoms with van der Waals surface area (Å²) in [6.07, 6.45) is 7.33. The van der Waals surface area contributed by atoms with Crippen molar-refractivity contribution in [2.75, 3.05) is 26.7 Å². The third-order valence-corrected chi connectivity index (χ3v) is 4.24. The minimum Gasteiger partial charge on any atom is -0.352 e. The monoisotopic (exact) mass is 269 g/mol. The van der Waals surface area contributed by atoms with Gasteiger partial charge in [0.05, 0.1) is 6.54 Å². The van der Waals surface area contributed by atoms with E-state index in [0.29, 0.717) is 18.6 Å². The number of hydrogen-bond acceptors (Lipinski definition) is 3. The molecule has 1 atom stereocenters. The van der Waals surface area contributed by atoms with Crippen LogP contribution in [-0.4, -0.2) is 49.6 Å². The lowest BCUT2D eigenvalue weighted by molar-refractivity contribution is -0.121. The lowest BCUT2D eigenvalue weighted by atomic mass is 9.95. The molecule has 4 nitrogen and oxygen atoms in total. The van der Waals surface area contributed by atoms with E-state index in [2.05, 4.69) is 36.4 Å². The molecule has 0 spiro atoms. The molecule has 0 saturated heterocycles. The number of nitrogens with zero attached hydrogens (tertiary/aromatic N) is 1. The summed E-state index contributed by atoms with van der Waals surface area (Å²) >= 11 is 0. The van der Waals surface area contributed by atoms with Gasteiger partial charge >= 0.3 is 0 Å². The molecule has 1 unspecified atom stereocenters. The van der Waals surface area contributed by atoms with Crippen LogP contribution in [0.15, 0.2) is 0 Å². The third kappa shape index (κ3) is 6.92. The summed E-state index contributed by atoms with van der Waals surface area (Å²) in [5.74, 6) is 0.151. The van der Waals surface area contributed by atoms with Crippen molar-refractivity contribution in [3.8, 4) is 0 Å². The highest BCUT2D eigenvalue weighted by atomic mass is 16.1. The molecule has 0 aliphatic heterocycles. The van der Waals surface area contributed by atoms with E-state index in [9.17, 15) is 4.79 Å². The second-order valence-corrected chi connectivity index (χ2v) is 5.82. The molecule has 0 aromatic rings. The molecule has 1 aliphatic carbocycles. The zero-order chi connectivity index (χ0) is 14.1. The Bertz CT molecular complexity index is 252. The van der Waals surface area contributed by atoms with Crippen LogP contribution in [0.1, 0.15) is 52.4 Å². The molecule has 0 heterocycles. The van der Waals surface area contributed by atoms with E-state index in [1.165, 1.54) is 25.7 Å². The third-order valence-electron chi connectivity index (χ3n) is 4.24. The van der Waals surface area contributed by atoms with Crippen molar-refractivity contribution in [3.63, 3.8) is 0 Å². The molecule has 2 N–H and O–H groups in total. The maximum atomic E-state index is 11.8. The van der Waals surface area contributed by atoms with Gasteiger partial charge in [0.15, 0.2) is 0 Å². The van der Waals surface area contributed by atoms with Gasteiger partial charge in [-0.15, -0.1) is 0 Å². The zero-order valence-corrected chi connectivity index (χ0v) is 12.9. The summed E-state index contributed by atoms with van der Waals surface area (Å²) in [5, 5.41) is 6.36. The standard InChI is InChI=1S/C15H31N3O/c1-4-13(2)18(3)11-10-16-12-15(19)17-14-8-6-5-7-9-14/h13-14,16H,4-12H2,1-3H3,(H,17,19). The van der Waals surface area contributed by atoms with Crippen molar-refractivity contribution in [3.05, 3.63) is 0 Å². The normalized spacial score (nSPS) is 18.5. The smallest absolute Gasteiger partial charge is 0.234 e. The van der Waals surface area contributed by atoms with Crippen molar-refractivity contribution >= 4 is 5.91 Å². The fourth-order valence-electron chi connectivity index (χ4n) is 2.52. The molecule has 1 rings (SSSR count). The molecule has 19 heavy (non-hydrogen) atoms. The average molecular weight is 269 g/mol. The summed E-state index contributed by atoms with van der Waals surface area (Å²) in [7, 11) is 2.14. The zero-order valence-electron chi connectivity index (χ0n) is 12.9. The number of rotatable bonds is 8. The van der Waals surface area contributed by atoms with Crippen LogP contribution in [0.3, 0.4) is 0 Å². The molecular formula is C15H31N3O. The lowest BCUT2D eigenvalue weighted by Gasteiger charge is -2.24. The van der Waals surface area contributed by atoms with E-state index in [1.54, 1.807) is 0 Å². The molecule has 1 aliphatic rings. The van der Waals surface area contributed by atoms with Crippen LogP contribution in [0.4, 0.5) is 0 Å². The number of carbonyl (C=O) groups excluding carboxylic acids is 1. The number of hydrogen-bond donors (Lipinski definition) is 2. The Morgan fingerprint density at radius 1 is 1.32 bits per heavy atom. The summed E-state index contributed by atoms with van der Waals surface area (Å²) in [6.45, 7) is 6.75. The summed E-state index contributed by atoms with van der Waals surface area (Å²) in [4.78, 5) is 14.1. The van der Waals surface area contributed by atoms with E-state index in [-0.39, 0.29) is 5.91 Å². The van der Waals surface area contributed by atoms with Gasteiger partial charge in [0.1, 0.15) is 0 Å². The fourth-order valence-corrected chi connectivity index (χ4v) is 2.52. The van der Waals surface area contributed by atoms with Crippen molar-refractivity contribution in [1.82, 2.24) is 15.5 Å². The van der Waals surface area contributed by atoms with Gasteiger partial charge in [-0.05, 0) is 33.2 Å². The predicted molar refractivity (Wildman–Crippen MR) is 80.3 cm³/mol. The van der Waals surface area contributed by atoms with Crippen LogP contribution < -0.4 is 10.6 Å². The van der Waals surface area contributed by atoms with E-state index >= 15 is 0 Å². The molecule has 0 bridgehead atoms. The second kappa shape index (κ2) is 9.32. The first-order valence-electron chi connectivity index (χ1n) is 7.83. The van der Waals surface area contributed by atoms with E-state index in [4.69, 9.17) is 0 Å². The molecule has 112 valence electrons. The molecule has 1 fully saturated rings. The Balaban J connectivity index is 2.03. The van der Waals surface area contributed by atoms with Crippen molar-refractivity contribution in [2.45, 2.75) is 64.5 Å². The predicted octanol–water partition coefficient (Wildman–Crippen LogP) is 1.76. The van der Waals surface area contributed by atoms with Crippen molar-refractivity contribution in [1.29, 1.82) is 0 Å². The number of amides is 1. The molecule has 0 radical (unpaired) electrons. The summed E-state index contributed by atoms with van der Waals surface area (Å²) in [6, 6.07) is 1.03. The summed E-state index contributed by atoms with van der Waals surface area (Å²) in [5.41, 5.74) is 0. The Hall–Kier alpha value is -0.610. The second-order valence-electron chi connectivity index (χ2n) is 5.82. The van der Waals surface area contributed by atoms with Crippen LogP contribution in [0.25, 0.3) is 0 Å². The van der Waals surface area contributed by atoms with Gasteiger partial charge < -0.3 is 15.5 Å². The lowest BCUT2D eigenvalue weighted by Crippen LogP contribution is -2.43. The van der Waals surface area contributed by atoms with E-state index in [1.807, 2.05) is 0 Å². The Morgan fingerprint density at radius 3 is 2.63 bits per heavy atom. The van der Waals surface area contributed by atoms with Gasteiger partial charge in [-0.3, -0.25) is 4.79 Å². The first-order chi connectivity index (χ1) is 9.13. The van der Waals surface area contributed by atoms with Crippen LogP contribution in [0, 0.1) is 0 Å². The van der Waals surface area contributed by atoms with Gasteiger partial charge in [-0.25, -0.2) is 0 Å². The quantitative estimate of drug-likeness (QED) is 0.660. The summed E-state index contributed by atoms with van der Waals surface area (Å²) < 4.78 is 0. The SMILES string of the molecule is CCC(C)N(C)CCNCC(=O)NC1CCCCC1. The van der Waals surface area contributed by atoms with Gasteiger partial charge in [0, 0.05) is 25.2 Å².